The van der Waals surface area contributed by atoms with Gasteiger partial charge in [-0.25, -0.2) is 0 Å². The van der Waals surface area contributed by atoms with Crippen molar-refractivity contribution in [3.8, 4) is 0 Å². The molecule has 0 aromatic heterocycles. The summed E-state index contributed by atoms with van der Waals surface area (Å²) in [6.45, 7) is 19.1. The Balaban J connectivity index is 2.17. The van der Waals surface area contributed by atoms with Crippen LogP contribution in [0.25, 0.3) is 0 Å². The summed E-state index contributed by atoms with van der Waals surface area (Å²) in [5.74, 6) is 0.905. The van der Waals surface area contributed by atoms with E-state index in [1.165, 1.54) is 44.5 Å². The molecule has 5 N–H and O–H groups in total. The average Bonchev–Trinajstić information content (AvgIpc) is 2.59. The lowest BCUT2D eigenvalue weighted by Crippen LogP contribution is -2.34. The molecule has 29 heavy (non-hydrogen) atoms. The Morgan fingerprint density at radius 1 is 0.655 bits per heavy atom. The highest BCUT2D eigenvalue weighted by atomic mass is 14.9. The molecule has 0 saturated carbocycles. The maximum atomic E-state index is 6.72. The highest BCUT2D eigenvalue weighted by Crippen LogP contribution is 2.33. The molecule has 2 atom stereocenters. The van der Waals surface area contributed by atoms with Crippen LogP contribution in [0, 0.1) is 27.7 Å². The molecule has 0 fully saturated rings. The zero-order valence-corrected chi connectivity index (χ0v) is 19.7. The minimum Gasteiger partial charge on any atom is -0.323 e. The third kappa shape index (κ3) is 5.69. The van der Waals surface area contributed by atoms with Crippen LogP contribution in [0.15, 0.2) is 24.3 Å². The summed E-state index contributed by atoms with van der Waals surface area (Å²) in [5.41, 5.74) is 23.7. The molecule has 3 nitrogen and oxygen atoms in total. The van der Waals surface area contributed by atoms with Crippen molar-refractivity contribution in [2.75, 3.05) is 13.1 Å². The van der Waals surface area contributed by atoms with Crippen LogP contribution in [-0.4, -0.2) is 13.1 Å². The molecule has 0 bridgehead atoms. The van der Waals surface area contributed by atoms with E-state index in [0.717, 1.165) is 13.1 Å². The minimum absolute atomic E-state index is 0.0324. The zero-order chi connectivity index (χ0) is 21.9. The Hall–Kier alpha value is -1.68. The molecular weight excluding hydrogens is 354 g/mol. The molecule has 2 aromatic rings. The first kappa shape index (κ1) is 23.6. The van der Waals surface area contributed by atoms with E-state index in [0.29, 0.717) is 11.8 Å². The van der Waals surface area contributed by atoms with E-state index < -0.39 is 0 Å². The average molecular weight is 396 g/mol. The number of hydrogen-bond acceptors (Lipinski definition) is 3. The van der Waals surface area contributed by atoms with Crippen LogP contribution in [0.4, 0.5) is 0 Å². The van der Waals surface area contributed by atoms with Crippen LogP contribution in [0.2, 0.25) is 0 Å². The Morgan fingerprint density at radius 3 is 1.45 bits per heavy atom. The molecule has 3 heteroatoms. The molecule has 0 radical (unpaired) electrons. The summed E-state index contributed by atoms with van der Waals surface area (Å²) in [6, 6.07) is 8.95. The largest absolute Gasteiger partial charge is 0.323 e. The second-order valence-corrected chi connectivity index (χ2v) is 9.35. The van der Waals surface area contributed by atoms with E-state index in [-0.39, 0.29) is 12.1 Å². The van der Waals surface area contributed by atoms with Crippen LogP contribution >= 0.6 is 0 Å². The van der Waals surface area contributed by atoms with Crippen LogP contribution in [0.5, 0.6) is 0 Å². The summed E-state index contributed by atoms with van der Waals surface area (Å²) < 4.78 is 0. The predicted octanol–water partition coefficient (Wildman–Crippen LogP) is 5.46. The lowest BCUT2D eigenvalue weighted by atomic mass is 9.83. The highest BCUT2D eigenvalue weighted by molar-refractivity contribution is 5.44. The monoisotopic (exact) mass is 395 g/mol. The maximum absolute atomic E-state index is 6.72. The lowest BCUT2D eigenvalue weighted by Gasteiger charge is -2.26. The van der Waals surface area contributed by atoms with Crippen molar-refractivity contribution in [1.29, 1.82) is 0 Å². The number of aryl methyl sites for hydroxylation is 4. The van der Waals surface area contributed by atoms with Crippen molar-refractivity contribution < 1.29 is 0 Å². The number of nitrogens with two attached hydrogens (primary N) is 2. The molecule has 160 valence electrons. The first-order valence-corrected chi connectivity index (χ1v) is 11.0. The molecule has 0 heterocycles. The van der Waals surface area contributed by atoms with Gasteiger partial charge in [0.05, 0.1) is 0 Å². The normalized spacial score (nSPS) is 13.9. The fourth-order valence-corrected chi connectivity index (χ4v) is 4.61. The summed E-state index contributed by atoms with van der Waals surface area (Å²) in [5, 5.41) is 3.55. The van der Waals surface area contributed by atoms with Crippen molar-refractivity contribution in [2.45, 2.75) is 79.3 Å². The molecule has 0 aliphatic carbocycles. The number of hydrogen-bond donors (Lipinski definition) is 3. The van der Waals surface area contributed by atoms with Gasteiger partial charge in [0, 0.05) is 25.2 Å². The SMILES string of the molecule is Cc1cc(C)c(C(N)CNCC(N)c2c(C(C)C)cc(C)cc2C(C)C)c(C)c1. The Kier molecular flexibility index (Phi) is 8.04. The van der Waals surface area contributed by atoms with Gasteiger partial charge in [0.1, 0.15) is 0 Å². The van der Waals surface area contributed by atoms with Crippen LogP contribution in [0.1, 0.15) is 96.1 Å². The van der Waals surface area contributed by atoms with Gasteiger partial charge in [0.2, 0.25) is 0 Å². The van der Waals surface area contributed by atoms with Gasteiger partial charge in [-0.1, -0.05) is 63.1 Å². The van der Waals surface area contributed by atoms with Crippen LogP contribution < -0.4 is 16.8 Å². The van der Waals surface area contributed by atoms with Gasteiger partial charge in [-0.05, 0) is 72.9 Å². The van der Waals surface area contributed by atoms with E-state index in [4.69, 9.17) is 11.5 Å². The van der Waals surface area contributed by atoms with Crippen LogP contribution in [0.3, 0.4) is 0 Å². The summed E-state index contributed by atoms with van der Waals surface area (Å²) >= 11 is 0. The first-order valence-electron chi connectivity index (χ1n) is 11.0. The third-order valence-corrected chi connectivity index (χ3v) is 5.84. The fourth-order valence-electron chi connectivity index (χ4n) is 4.61. The van der Waals surface area contributed by atoms with E-state index in [1.807, 2.05) is 0 Å². The fraction of sp³-hybridized carbons (Fsp3) is 0.538. The highest BCUT2D eigenvalue weighted by Gasteiger charge is 2.20. The smallest absolute Gasteiger partial charge is 0.0427 e. The molecule has 2 aromatic carbocycles. The number of rotatable bonds is 8. The number of benzene rings is 2. The van der Waals surface area contributed by atoms with Gasteiger partial charge in [0.15, 0.2) is 0 Å². The molecular formula is C26H41N3. The summed E-state index contributed by atoms with van der Waals surface area (Å²) in [4.78, 5) is 0. The Labute approximate surface area is 178 Å². The second-order valence-electron chi connectivity index (χ2n) is 9.35. The van der Waals surface area contributed by atoms with Gasteiger partial charge in [0.25, 0.3) is 0 Å². The third-order valence-electron chi connectivity index (χ3n) is 5.84. The van der Waals surface area contributed by atoms with Gasteiger partial charge in [-0.3, -0.25) is 0 Å². The van der Waals surface area contributed by atoms with Crippen molar-refractivity contribution in [3.63, 3.8) is 0 Å². The van der Waals surface area contributed by atoms with Gasteiger partial charge < -0.3 is 16.8 Å². The van der Waals surface area contributed by atoms with Gasteiger partial charge >= 0.3 is 0 Å². The van der Waals surface area contributed by atoms with Gasteiger partial charge in [-0.2, -0.15) is 0 Å². The van der Waals surface area contributed by atoms with E-state index in [2.05, 4.69) is 85.0 Å². The zero-order valence-electron chi connectivity index (χ0n) is 19.7. The molecule has 0 saturated heterocycles. The van der Waals surface area contributed by atoms with Crippen molar-refractivity contribution in [3.05, 3.63) is 68.8 Å². The van der Waals surface area contributed by atoms with Crippen molar-refractivity contribution in [2.24, 2.45) is 11.5 Å². The topological polar surface area (TPSA) is 64.1 Å². The molecule has 2 rings (SSSR count). The quantitative estimate of drug-likeness (QED) is 0.556. The molecule has 0 amide bonds. The van der Waals surface area contributed by atoms with E-state index in [9.17, 15) is 0 Å². The lowest BCUT2D eigenvalue weighted by molar-refractivity contribution is 0.543. The summed E-state index contributed by atoms with van der Waals surface area (Å²) in [6.07, 6.45) is 0. The van der Waals surface area contributed by atoms with Gasteiger partial charge in [-0.15, -0.1) is 0 Å². The summed E-state index contributed by atoms with van der Waals surface area (Å²) in [7, 11) is 0. The van der Waals surface area contributed by atoms with E-state index >= 15 is 0 Å². The maximum Gasteiger partial charge on any atom is 0.0427 e. The second kappa shape index (κ2) is 9.88. The molecule has 0 aliphatic rings. The Bertz CT molecular complexity index is 784. The predicted molar refractivity (Wildman–Crippen MR) is 127 cm³/mol. The van der Waals surface area contributed by atoms with E-state index in [1.54, 1.807) is 0 Å². The Morgan fingerprint density at radius 2 is 1.03 bits per heavy atom. The number of nitrogens with one attached hydrogen (secondary N) is 1. The molecule has 0 aliphatic heterocycles. The first-order chi connectivity index (χ1) is 13.5. The van der Waals surface area contributed by atoms with Crippen molar-refractivity contribution >= 4 is 0 Å². The molecule has 2 unspecified atom stereocenters. The standard InChI is InChI=1S/C26H41N3/c1-15(2)21-11-18(6)12-22(16(3)4)26(21)24(28)14-29-13-23(27)25-19(7)9-17(5)10-20(25)8/h9-12,15-16,23-24,29H,13-14,27-28H2,1-8H3. The minimum atomic E-state index is -0.0437. The molecule has 0 spiro atoms. The van der Waals surface area contributed by atoms with Crippen LogP contribution in [-0.2, 0) is 0 Å². The van der Waals surface area contributed by atoms with Crippen molar-refractivity contribution in [1.82, 2.24) is 5.32 Å².